The van der Waals surface area contributed by atoms with Gasteiger partial charge in [0, 0.05) is 16.1 Å². The molecule has 0 bridgehead atoms. The van der Waals surface area contributed by atoms with Crippen LogP contribution < -0.4 is 10.5 Å². The maximum absolute atomic E-state index is 13.7. The third kappa shape index (κ3) is 3.33. The lowest BCUT2D eigenvalue weighted by atomic mass is 10.0. The summed E-state index contributed by atoms with van der Waals surface area (Å²) in [6.07, 6.45) is 0.793. The van der Waals surface area contributed by atoms with E-state index in [9.17, 15) is 4.39 Å². The molecule has 0 aliphatic heterocycles. The van der Waals surface area contributed by atoms with Gasteiger partial charge in [0.05, 0.1) is 0 Å². The van der Waals surface area contributed by atoms with Crippen LogP contribution in [0.5, 0.6) is 11.5 Å². The Kier molecular flexibility index (Phi) is 4.56. The number of halogens is 2. The molecule has 0 aliphatic rings. The molecule has 2 aromatic carbocycles. The number of ether oxygens (including phenoxy) is 1. The maximum Gasteiger partial charge on any atom is 0.165 e. The Hall–Kier alpha value is -1.39. The summed E-state index contributed by atoms with van der Waals surface area (Å²) in [5, 5.41) is 0. The average Bonchev–Trinajstić information content (AvgIpc) is 2.42. The summed E-state index contributed by atoms with van der Waals surface area (Å²) in [6, 6.07) is 11.9. The van der Waals surface area contributed by atoms with Gasteiger partial charge in [-0.15, -0.1) is 0 Å². The fourth-order valence-electron chi connectivity index (χ4n) is 1.77. The van der Waals surface area contributed by atoms with Crippen LogP contribution in [0.3, 0.4) is 0 Å². The fourth-order valence-corrected chi connectivity index (χ4v) is 2.11. The third-order valence-electron chi connectivity index (χ3n) is 2.87. The molecule has 0 saturated heterocycles. The Morgan fingerprint density at radius 3 is 2.68 bits per heavy atom. The summed E-state index contributed by atoms with van der Waals surface area (Å²) < 4.78 is 20.1. The number of rotatable bonds is 4. The van der Waals surface area contributed by atoms with Gasteiger partial charge in [0.1, 0.15) is 5.75 Å². The molecule has 0 spiro atoms. The lowest BCUT2D eigenvalue weighted by molar-refractivity contribution is 0.432. The van der Waals surface area contributed by atoms with Crippen LogP contribution in [-0.2, 0) is 0 Å². The second kappa shape index (κ2) is 6.17. The highest BCUT2D eigenvalue weighted by molar-refractivity contribution is 9.10. The first-order valence-electron chi connectivity index (χ1n) is 6.09. The first kappa shape index (κ1) is 14.0. The van der Waals surface area contributed by atoms with Crippen LogP contribution in [0.2, 0.25) is 0 Å². The molecule has 1 atom stereocenters. The lowest BCUT2D eigenvalue weighted by Gasteiger charge is -2.15. The van der Waals surface area contributed by atoms with Crippen molar-refractivity contribution in [3.63, 3.8) is 0 Å². The second-order valence-electron chi connectivity index (χ2n) is 4.23. The lowest BCUT2D eigenvalue weighted by Crippen LogP contribution is -2.09. The predicted molar refractivity (Wildman–Crippen MR) is 77.8 cm³/mol. The molecule has 2 nitrogen and oxygen atoms in total. The van der Waals surface area contributed by atoms with Crippen LogP contribution in [0.15, 0.2) is 46.9 Å². The zero-order chi connectivity index (χ0) is 13.8. The van der Waals surface area contributed by atoms with Crippen molar-refractivity contribution in [2.45, 2.75) is 19.4 Å². The van der Waals surface area contributed by atoms with E-state index in [4.69, 9.17) is 10.5 Å². The number of benzene rings is 2. The topological polar surface area (TPSA) is 35.2 Å². The molecular formula is C15H15BrFNO. The molecule has 0 amide bonds. The van der Waals surface area contributed by atoms with E-state index in [1.165, 1.54) is 6.07 Å². The normalized spacial score (nSPS) is 12.2. The van der Waals surface area contributed by atoms with Crippen molar-refractivity contribution in [1.29, 1.82) is 0 Å². The molecular weight excluding hydrogens is 309 g/mol. The van der Waals surface area contributed by atoms with Crippen molar-refractivity contribution in [2.24, 2.45) is 5.73 Å². The Morgan fingerprint density at radius 1 is 1.21 bits per heavy atom. The molecule has 0 heterocycles. The van der Waals surface area contributed by atoms with Crippen LogP contribution in [0.4, 0.5) is 4.39 Å². The van der Waals surface area contributed by atoms with E-state index in [2.05, 4.69) is 15.9 Å². The van der Waals surface area contributed by atoms with Crippen molar-refractivity contribution < 1.29 is 9.13 Å². The van der Waals surface area contributed by atoms with E-state index < -0.39 is 5.82 Å². The highest BCUT2D eigenvalue weighted by Gasteiger charge is 2.12. The van der Waals surface area contributed by atoms with E-state index in [0.29, 0.717) is 5.75 Å². The highest BCUT2D eigenvalue weighted by Crippen LogP contribution is 2.32. The summed E-state index contributed by atoms with van der Waals surface area (Å²) in [7, 11) is 0. The summed E-state index contributed by atoms with van der Waals surface area (Å²) in [5.41, 5.74) is 6.91. The fraction of sp³-hybridized carbons (Fsp3) is 0.200. The van der Waals surface area contributed by atoms with Crippen LogP contribution in [0.25, 0.3) is 0 Å². The molecule has 0 fully saturated rings. The molecule has 4 heteroatoms. The Morgan fingerprint density at radius 2 is 1.95 bits per heavy atom. The van der Waals surface area contributed by atoms with Crippen molar-refractivity contribution in [1.82, 2.24) is 0 Å². The van der Waals surface area contributed by atoms with Gasteiger partial charge in [-0.25, -0.2) is 4.39 Å². The minimum Gasteiger partial charge on any atom is -0.454 e. The standard InChI is InChI=1S/C15H15BrFNO/c1-2-13(18)11-5-3-4-6-14(11)19-15-9-10(16)7-8-12(15)17/h3-9,13H,2,18H2,1H3. The smallest absolute Gasteiger partial charge is 0.165 e. The third-order valence-corrected chi connectivity index (χ3v) is 3.36. The van der Waals surface area contributed by atoms with Gasteiger partial charge in [-0.05, 0) is 30.7 Å². The summed E-state index contributed by atoms with van der Waals surface area (Å²) in [6.45, 7) is 2.00. The minimum atomic E-state index is -0.400. The second-order valence-corrected chi connectivity index (χ2v) is 5.15. The number of hydrogen-bond acceptors (Lipinski definition) is 2. The Bertz CT molecular complexity index is 574. The number of para-hydroxylation sites is 1. The van der Waals surface area contributed by atoms with E-state index in [1.54, 1.807) is 18.2 Å². The van der Waals surface area contributed by atoms with Gasteiger partial charge in [-0.3, -0.25) is 0 Å². The number of nitrogens with two attached hydrogens (primary N) is 1. The van der Waals surface area contributed by atoms with Gasteiger partial charge in [-0.1, -0.05) is 41.1 Å². The molecule has 2 aromatic rings. The van der Waals surface area contributed by atoms with Crippen LogP contribution in [0, 0.1) is 5.82 Å². The van der Waals surface area contributed by atoms with Crippen LogP contribution in [-0.4, -0.2) is 0 Å². The molecule has 0 radical (unpaired) electrons. The van der Waals surface area contributed by atoms with E-state index in [-0.39, 0.29) is 11.8 Å². The Labute approximate surface area is 120 Å². The molecule has 100 valence electrons. The van der Waals surface area contributed by atoms with Gasteiger partial charge >= 0.3 is 0 Å². The van der Waals surface area contributed by atoms with E-state index in [1.807, 2.05) is 25.1 Å². The molecule has 19 heavy (non-hydrogen) atoms. The van der Waals surface area contributed by atoms with Gasteiger partial charge in [0.2, 0.25) is 0 Å². The zero-order valence-electron chi connectivity index (χ0n) is 10.6. The minimum absolute atomic E-state index is 0.119. The van der Waals surface area contributed by atoms with Crippen molar-refractivity contribution in [3.05, 3.63) is 58.3 Å². The van der Waals surface area contributed by atoms with Crippen LogP contribution in [0.1, 0.15) is 24.9 Å². The predicted octanol–water partition coefficient (Wildman–Crippen LogP) is 4.79. The molecule has 0 aromatic heterocycles. The van der Waals surface area contributed by atoms with Gasteiger partial charge in [-0.2, -0.15) is 0 Å². The van der Waals surface area contributed by atoms with Gasteiger partial charge in [0.25, 0.3) is 0 Å². The quantitative estimate of drug-likeness (QED) is 0.877. The SMILES string of the molecule is CCC(N)c1ccccc1Oc1cc(Br)ccc1F. The van der Waals surface area contributed by atoms with Gasteiger partial charge < -0.3 is 10.5 Å². The first-order valence-corrected chi connectivity index (χ1v) is 6.88. The van der Waals surface area contributed by atoms with E-state index in [0.717, 1.165) is 16.5 Å². The maximum atomic E-state index is 13.7. The summed E-state index contributed by atoms with van der Waals surface area (Å²) in [5.74, 6) is 0.377. The van der Waals surface area contributed by atoms with Gasteiger partial charge in [0.15, 0.2) is 11.6 Å². The average molecular weight is 324 g/mol. The highest BCUT2D eigenvalue weighted by atomic mass is 79.9. The van der Waals surface area contributed by atoms with Crippen molar-refractivity contribution >= 4 is 15.9 Å². The zero-order valence-corrected chi connectivity index (χ0v) is 12.2. The molecule has 2 N–H and O–H groups in total. The molecule has 2 rings (SSSR count). The molecule has 1 unspecified atom stereocenters. The summed E-state index contributed by atoms with van der Waals surface area (Å²) in [4.78, 5) is 0. The summed E-state index contributed by atoms with van der Waals surface area (Å²) >= 11 is 3.30. The van der Waals surface area contributed by atoms with Crippen molar-refractivity contribution in [2.75, 3.05) is 0 Å². The largest absolute Gasteiger partial charge is 0.454 e. The number of hydrogen-bond donors (Lipinski definition) is 1. The first-order chi connectivity index (χ1) is 9.11. The monoisotopic (exact) mass is 323 g/mol. The Balaban J connectivity index is 2.35. The molecule has 0 aliphatic carbocycles. The molecule has 0 saturated carbocycles. The van der Waals surface area contributed by atoms with Crippen LogP contribution >= 0.6 is 15.9 Å². The van der Waals surface area contributed by atoms with E-state index >= 15 is 0 Å². The van der Waals surface area contributed by atoms with Crippen molar-refractivity contribution in [3.8, 4) is 11.5 Å².